The molecule has 0 aliphatic rings. The lowest BCUT2D eigenvalue weighted by molar-refractivity contribution is -0.137. The molecule has 2 aromatic heterocycles. The number of benzene rings is 2. The maximum absolute atomic E-state index is 12.9. The molecule has 2 aromatic carbocycles. The highest BCUT2D eigenvalue weighted by atomic mass is 32.1. The van der Waals surface area contributed by atoms with Gasteiger partial charge >= 0.3 is 6.18 Å². The highest BCUT2D eigenvalue weighted by Crippen LogP contribution is 2.38. The number of phenols is 1. The summed E-state index contributed by atoms with van der Waals surface area (Å²) < 4.78 is 49.7. The average Bonchev–Trinajstić information content (AvgIpc) is 3.41. The minimum Gasteiger partial charge on any atom is -0.504 e. The molecule has 2 heterocycles. The molecule has 9 heteroatoms. The number of rotatable bonds is 8. The Hall–Kier alpha value is -3.33. The van der Waals surface area contributed by atoms with E-state index in [9.17, 15) is 18.3 Å². The molecule has 0 fully saturated rings. The van der Waals surface area contributed by atoms with Gasteiger partial charge in [-0.25, -0.2) is 4.98 Å². The number of phenolic OH excluding ortho intramolecular Hbond substituents is 1. The lowest BCUT2D eigenvalue weighted by atomic mass is 10.1. The second-order valence-electron chi connectivity index (χ2n) is 8.08. The van der Waals surface area contributed by atoms with Gasteiger partial charge in [0.05, 0.1) is 17.0 Å². The van der Waals surface area contributed by atoms with Crippen molar-refractivity contribution in [1.29, 1.82) is 0 Å². The van der Waals surface area contributed by atoms with Gasteiger partial charge in [0.1, 0.15) is 11.6 Å². The molecule has 0 saturated heterocycles. The molecule has 0 aliphatic heterocycles. The molecule has 0 saturated carbocycles. The maximum Gasteiger partial charge on any atom is 0.416 e. The van der Waals surface area contributed by atoms with E-state index in [4.69, 9.17) is 14.2 Å². The van der Waals surface area contributed by atoms with Crippen LogP contribution in [0, 0.1) is 0 Å². The Morgan fingerprint density at radius 3 is 2.53 bits per heavy atom. The fourth-order valence-electron chi connectivity index (χ4n) is 3.63. The van der Waals surface area contributed by atoms with Crippen LogP contribution in [0.4, 0.5) is 13.2 Å². The highest BCUT2D eigenvalue weighted by molar-refractivity contribution is 7.15. The quantitative estimate of drug-likeness (QED) is 0.267. The minimum atomic E-state index is -4.37. The summed E-state index contributed by atoms with van der Waals surface area (Å²) in [7, 11) is 0. The van der Waals surface area contributed by atoms with Gasteiger partial charge in [0.2, 0.25) is 11.3 Å². The van der Waals surface area contributed by atoms with Crippen LogP contribution in [0.15, 0.2) is 53.6 Å². The number of fused-ring (bicyclic) bond motifs is 1. The topological polar surface area (TPSA) is 68.4 Å². The van der Waals surface area contributed by atoms with Crippen molar-refractivity contribution >= 4 is 22.3 Å². The largest absolute Gasteiger partial charge is 0.504 e. The molecule has 4 aromatic rings. The van der Waals surface area contributed by atoms with E-state index in [1.54, 1.807) is 12.1 Å². The van der Waals surface area contributed by atoms with E-state index in [1.165, 1.54) is 29.5 Å². The molecule has 4 rings (SSSR count). The molecule has 0 radical (unpaired) electrons. The highest BCUT2D eigenvalue weighted by Gasteiger charge is 2.30. The first-order chi connectivity index (χ1) is 16.2. The summed E-state index contributed by atoms with van der Waals surface area (Å²) in [6, 6.07) is 8.34. The fraction of sp³-hybridized carbons (Fsp3) is 0.280. The summed E-state index contributed by atoms with van der Waals surface area (Å²) in [6.45, 7) is 7.89. The lowest BCUT2D eigenvalue weighted by Gasteiger charge is -2.06. The average molecular weight is 489 g/mol. The van der Waals surface area contributed by atoms with Gasteiger partial charge in [0.25, 0.3) is 0 Å². The van der Waals surface area contributed by atoms with Crippen molar-refractivity contribution in [2.45, 2.75) is 38.8 Å². The Morgan fingerprint density at radius 1 is 1.15 bits per heavy atom. The van der Waals surface area contributed by atoms with Crippen LogP contribution in [-0.4, -0.2) is 21.9 Å². The summed E-state index contributed by atoms with van der Waals surface area (Å²) in [5, 5.41) is 15.7. The van der Waals surface area contributed by atoms with Crippen molar-refractivity contribution in [3.05, 3.63) is 70.9 Å². The van der Waals surface area contributed by atoms with Crippen LogP contribution in [0.3, 0.4) is 0 Å². The Labute approximate surface area is 198 Å². The van der Waals surface area contributed by atoms with Gasteiger partial charge in [-0.15, -0.1) is 11.3 Å². The van der Waals surface area contributed by atoms with Crippen LogP contribution < -0.4 is 4.74 Å². The fourth-order valence-corrected chi connectivity index (χ4v) is 4.85. The number of hydrogen-bond acceptors (Lipinski definition) is 6. The lowest BCUT2D eigenvalue weighted by Crippen LogP contribution is -2.03. The zero-order valence-electron chi connectivity index (χ0n) is 18.6. The van der Waals surface area contributed by atoms with Gasteiger partial charge < -0.3 is 14.4 Å². The molecule has 0 aliphatic carbocycles. The van der Waals surface area contributed by atoms with Crippen LogP contribution in [0.1, 0.15) is 41.6 Å². The standard InChI is InChI=1S/C25H23F3N2O3S/c1-4-13-32-23-19(31)11-9-17-18(30-33-22(17)23)10-12-20-21(14(2)3)29-24(34-20)15-5-7-16(8-6-15)25(26,27)28/h4-9,11,14,31H,1,10,12-13H2,2-3H3. The SMILES string of the molecule is C=CCOc1c(O)ccc2c(CCc3sc(-c4ccc(C(F)(F)F)cc4)nc3C(C)C)noc12. The molecular weight excluding hydrogens is 465 g/mol. The van der Waals surface area contributed by atoms with Crippen molar-refractivity contribution in [2.24, 2.45) is 0 Å². The molecule has 0 amide bonds. The third-order valence-electron chi connectivity index (χ3n) is 5.32. The Morgan fingerprint density at radius 2 is 1.88 bits per heavy atom. The van der Waals surface area contributed by atoms with E-state index in [0.29, 0.717) is 29.0 Å². The molecule has 0 unspecified atom stereocenters. The van der Waals surface area contributed by atoms with Crippen LogP contribution in [-0.2, 0) is 19.0 Å². The number of aromatic hydroxyl groups is 1. The number of ether oxygens (including phenoxy) is 1. The first-order valence-corrected chi connectivity index (χ1v) is 11.5. The number of aromatic nitrogens is 2. The van der Waals surface area contributed by atoms with E-state index < -0.39 is 11.7 Å². The second kappa shape index (κ2) is 9.50. The summed E-state index contributed by atoms with van der Waals surface area (Å²) in [4.78, 5) is 5.77. The number of nitrogens with zero attached hydrogens (tertiary/aromatic N) is 2. The number of thiazole rings is 1. The van der Waals surface area contributed by atoms with Crippen molar-refractivity contribution < 1.29 is 27.5 Å². The Bertz CT molecular complexity index is 1310. The van der Waals surface area contributed by atoms with Gasteiger partial charge in [-0.05, 0) is 43.0 Å². The third-order valence-corrected chi connectivity index (χ3v) is 6.50. The zero-order chi connectivity index (χ0) is 24.5. The first-order valence-electron chi connectivity index (χ1n) is 10.7. The predicted molar refractivity (Wildman–Crippen MR) is 125 cm³/mol. The monoisotopic (exact) mass is 488 g/mol. The first kappa shape index (κ1) is 23.8. The molecule has 5 nitrogen and oxygen atoms in total. The number of alkyl halides is 3. The molecule has 0 bridgehead atoms. The molecule has 0 atom stereocenters. The Balaban J connectivity index is 1.59. The van der Waals surface area contributed by atoms with E-state index >= 15 is 0 Å². The van der Waals surface area contributed by atoms with E-state index in [-0.39, 0.29) is 24.0 Å². The van der Waals surface area contributed by atoms with Crippen molar-refractivity contribution in [1.82, 2.24) is 10.1 Å². The van der Waals surface area contributed by atoms with Crippen molar-refractivity contribution in [3.63, 3.8) is 0 Å². The Kier molecular flexibility index (Phi) is 6.65. The zero-order valence-corrected chi connectivity index (χ0v) is 19.5. The maximum atomic E-state index is 12.9. The third kappa shape index (κ3) is 4.79. The van der Waals surface area contributed by atoms with Crippen LogP contribution in [0.5, 0.6) is 11.5 Å². The predicted octanol–water partition coefficient (Wildman–Crippen LogP) is 7.15. The molecule has 1 N–H and O–H groups in total. The second-order valence-corrected chi connectivity index (χ2v) is 9.16. The van der Waals surface area contributed by atoms with Gasteiger partial charge in [-0.1, -0.05) is 43.8 Å². The van der Waals surface area contributed by atoms with Crippen LogP contribution in [0.2, 0.25) is 0 Å². The van der Waals surface area contributed by atoms with E-state index in [0.717, 1.165) is 33.8 Å². The van der Waals surface area contributed by atoms with E-state index in [2.05, 4.69) is 11.7 Å². The van der Waals surface area contributed by atoms with Crippen molar-refractivity contribution in [3.8, 4) is 22.1 Å². The summed E-state index contributed by atoms with van der Waals surface area (Å²) in [6.07, 6.45) is -1.60. The number of hydrogen-bond donors (Lipinski definition) is 1. The van der Waals surface area contributed by atoms with Crippen LogP contribution >= 0.6 is 11.3 Å². The van der Waals surface area contributed by atoms with Crippen molar-refractivity contribution in [2.75, 3.05) is 6.61 Å². The molecule has 34 heavy (non-hydrogen) atoms. The summed E-state index contributed by atoms with van der Waals surface area (Å²) in [5.74, 6) is 0.337. The van der Waals surface area contributed by atoms with Gasteiger partial charge in [0.15, 0.2) is 5.75 Å². The van der Waals surface area contributed by atoms with Crippen LogP contribution in [0.25, 0.3) is 21.5 Å². The molecule has 0 spiro atoms. The number of halogens is 3. The van der Waals surface area contributed by atoms with Gasteiger partial charge in [-0.2, -0.15) is 13.2 Å². The van der Waals surface area contributed by atoms with E-state index in [1.807, 2.05) is 13.8 Å². The molecule has 178 valence electrons. The molecular formula is C25H23F3N2O3S. The minimum absolute atomic E-state index is 0.0391. The van der Waals surface area contributed by atoms with Gasteiger partial charge in [0, 0.05) is 15.8 Å². The number of aryl methyl sites for hydroxylation is 2. The van der Waals surface area contributed by atoms with Gasteiger partial charge in [-0.3, -0.25) is 0 Å². The summed E-state index contributed by atoms with van der Waals surface area (Å²) in [5.41, 5.74) is 1.98. The normalized spacial score (nSPS) is 11.9. The summed E-state index contributed by atoms with van der Waals surface area (Å²) >= 11 is 1.47. The smallest absolute Gasteiger partial charge is 0.416 e.